The fraction of sp³-hybridized carbons (Fsp3) is 0.368. The van der Waals surface area contributed by atoms with E-state index < -0.39 is 10.0 Å². The molecule has 0 aliphatic heterocycles. The minimum Gasteiger partial charge on any atom is -0.493 e. The maximum Gasteiger partial charge on any atom is 0.261 e. The number of sulfonamides is 1. The minimum absolute atomic E-state index is 0.193. The van der Waals surface area contributed by atoms with Crippen LogP contribution in [0.3, 0.4) is 0 Å². The molecule has 0 heterocycles. The maximum atomic E-state index is 12.7. The number of rotatable bonds is 8. The molecule has 0 aliphatic carbocycles. The Balaban J connectivity index is 2.31. The number of anilines is 1. The lowest BCUT2D eigenvalue weighted by atomic mass is 10.0. The molecule has 0 bridgehead atoms. The van der Waals surface area contributed by atoms with Crippen LogP contribution in [0, 0.1) is 5.92 Å². The van der Waals surface area contributed by atoms with E-state index in [1.165, 1.54) is 21.3 Å². The van der Waals surface area contributed by atoms with Crippen molar-refractivity contribution in [3.05, 3.63) is 42.0 Å². The lowest BCUT2D eigenvalue weighted by molar-refractivity contribution is 0.325. The summed E-state index contributed by atoms with van der Waals surface area (Å²) in [6, 6.07) is 9.99. The molecule has 7 heteroatoms. The SMILES string of the molecule is COc1cc(NS(=O)(=O)c2ccc(CC(C)C)cc2)cc(OC)c1OC. The van der Waals surface area contributed by atoms with Gasteiger partial charge in [0.05, 0.1) is 31.9 Å². The highest BCUT2D eigenvalue weighted by Gasteiger charge is 2.18. The Morgan fingerprint density at radius 1 is 0.923 bits per heavy atom. The molecule has 0 spiro atoms. The molecular weight excluding hydrogens is 354 g/mol. The van der Waals surface area contributed by atoms with E-state index in [9.17, 15) is 8.42 Å². The smallest absolute Gasteiger partial charge is 0.261 e. The molecule has 0 fully saturated rings. The monoisotopic (exact) mass is 379 g/mol. The Labute approximate surface area is 155 Å². The normalized spacial score (nSPS) is 11.3. The van der Waals surface area contributed by atoms with Crippen molar-refractivity contribution in [3.63, 3.8) is 0 Å². The van der Waals surface area contributed by atoms with Crippen LogP contribution in [0.15, 0.2) is 41.3 Å². The third-order valence-corrected chi connectivity index (χ3v) is 5.19. The first kappa shape index (κ1) is 19.9. The van der Waals surface area contributed by atoms with Crippen LogP contribution in [0.2, 0.25) is 0 Å². The van der Waals surface area contributed by atoms with Crippen LogP contribution >= 0.6 is 0 Å². The molecule has 0 amide bonds. The topological polar surface area (TPSA) is 73.9 Å². The van der Waals surface area contributed by atoms with Crippen molar-refractivity contribution >= 4 is 15.7 Å². The second-order valence-corrected chi connectivity index (χ2v) is 7.94. The summed E-state index contributed by atoms with van der Waals surface area (Å²) in [5.41, 5.74) is 1.43. The van der Waals surface area contributed by atoms with Crippen LogP contribution in [0.4, 0.5) is 5.69 Å². The minimum atomic E-state index is -3.73. The van der Waals surface area contributed by atoms with Gasteiger partial charge in [-0.1, -0.05) is 26.0 Å². The molecule has 2 rings (SSSR count). The van der Waals surface area contributed by atoms with Gasteiger partial charge in [-0.05, 0) is 30.0 Å². The maximum absolute atomic E-state index is 12.7. The van der Waals surface area contributed by atoms with Gasteiger partial charge >= 0.3 is 0 Å². The first-order valence-corrected chi connectivity index (χ1v) is 9.70. The van der Waals surface area contributed by atoms with E-state index in [1.54, 1.807) is 24.3 Å². The van der Waals surface area contributed by atoms with Gasteiger partial charge in [0, 0.05) is 12.1 Å². The Hall–Kier alpha value is -2.41. The van der Waals surface area contributed by atoms with Crippen LogP contribution in [0.1, 0.15) is 19.4 Å². The molecule has 142 valence electrons. The van der Waals surface area contributed by atoms with Crippen molar-refractivity contribution in [2.24, 2.45) is 5.92 Å². The molecular formula is C19H25NO5S. The molecule has 26 heavy (non-hydrogen) atoms. The zero-order valence-corrected chi connectivity index (χ0v) is 16.5. The molecule has 0 atom stereocenters. The molecule has 2 aromatic carbocycles. The molecule has 0 aliphatic rings. The first-order chi connectivity index (χ1) is 12.3. The molecule has 0 saturated heterocycles. The van der Waals surface area contributed by atoms with Gasteiger partial charge in [-0.3, -0.25) is 4.72 Å². The van der Waals surface area contributed by atoms with E-state index in [-0.39, 0.29) is 4.90 Å². The van der Waals surface area contributed by atoms with Gasteiger partial charge in [-0.15, -0.1) is 0 Å². The zero-order chi connectivity index (χ0) is 19.3. The standard InChI is InChI=1S/C19H25NO5S/c1-13(2)10-14-6-8-16(9-7-14)26(21,22)20-15-11-17(23-3)19(25-5)18(12-15)24-4/h6-9,11-13,20H,10H2,1-5H3. The zero-order valence-electron chi connectivity index (χ0n) is 15.7. The van der Waals surface area contributed by atoms with Crippen LogP contribution < -0.4 is 18.9 Å². The predicted octanol–water partition coefficient (Wildman–Crippen LogP) is 3.71. The van der Waals surface area contributed by atoms with Gasteiger partial charge in [0.2, 0.25) is 5.75 Å². The van der Waals surface area contributed by atoms with Crippen LogP contribution in [0.25, 0.3) is 0 Å². The summed E-state index contributed by atoms with van der Waals surface area (Å²) in [6.07, 6.45) is 0.903. The van der Waals surface area contributed by atoms with E-state index in [2.05, 4.69) is 18.6 Å². The van der Waals surface area contributed by atoms with Crippen molar-refractivity contribution in [3.8, 4) is 17.2 Å². The van der Waals surface area contributed by atoms with Gasteiger partial charge in [0.25, 0.3) is 10.0 Å². The summed E-state index contributed by atoms with van der Waals surface area (Å²) in [7, 11) is 0.709. The highest BCUT2D eigenvalue weighted by molar-refractivity contribution is 7.92. The lowest BCUT2D eigenvalue weighted by Gasteiger charge is -2.15. The number of ether oxygens (including phenoxy) is 3. The van der Waals surface area contributed by atoms with Crippen molar-refractivity contribution in [2.75, 3.05) is 26.1 Å². The second-order valence-electron chi connectivity index (χ2n) is 6.26. The fourth-order valence-electron chi connectivity index (χ4n) is 2.63. The summed E-state index contributed by atoms with van der Waals surface area (Å²) < 4.78 is 43.6. The molecule has 0 saturated carbocycles. The number of nitrogens with one attached hydrogen (secondary N) is 1. The van der Waals surface area contributed by atoms with Gasteiger partial charge in [-0.2, -0.15) is 0 Å². The Kier molecular flexibility index (Phi) is 6.37. The summed E-state index contributed by atoms with van der Waals surface area (Å²) in [6.45, 7) is 4.24. The van der Waals surface area contributed by atoms with E-state index in [0.29, 0.717) is 28.9 Å². The first-order valence-electron chi connectivity index (χ1n) is 8.22. The molecule has 0 aromatic heterocycles. The Bertz CT molecular complexity index is 820. The highest BCUT2D eigenvalue weighted by atomic mass is 32.2. The van der Waals surface area contributed by atoms with Gasteiger partial charge in [0.1, 0.15) is 0 Å². The van der Waals surface area contributed by atoms with Gasteiger partial charge < -0.3 is 14.2 Å². The second kappa shape index (κ2) is 8.31. The van der Waals surface area contributed by atoms with E-state index in [0.717, 1.165) is 12.0 Å². The summed E-state index contributed by atoms with van der Waals surface area (Å²) in [5.74, 6) is 1.65. The Morgan fingerprint density at radius 3 is 1.88 bits per heavy atom. The van der Waals surface area contributed by atoms with Crippen LogP contribution in [0.5, 0.6) is 17.2 Å². The summed E-state index contributed by atoms with van der Waals surface area (Å²) in [4.78, 5) is 0.193. The molecule has 1 N–H and O–H groups in total. The number of hydrogen-bond donors (Lipinski definition) is 1. The quantitative estimate of drug-likeness (QED) is 0.757. The average Bonchev–Trinajstić information content (AvgIpc) is 2.60. The summed E-state index contributed by atoms with van der Waals surface area (Å²) in [5, 5.41) is 0. The predicted molar refractivity (Wildman–Crippen MR) is 102 cm³/mol. The van der Waals surface area contributed by atoms with E-state index in [4.69, 9.17) is 14.2 Å². The highest BCUT2D eigenvalue weighted by Crippen LogP contribution is 2.40. The third-order valence-electron chi connectivity index (χ3n) is 3.79. The average molecular weight is 379 g/mol. The van der Waals surface area contributed by atoms with Crippen LogP contribution in [-0.2, 0) is 16.4 Å². The lowest BCUT2D eigenvalue weighted by Crippen LogP contribution is -2.13. The molecule has 0 radical (unpaired) electrons. The fourth-order valence-corrected chi connectivity index (χ4v) is 3.67. The van der Waals surface area contributed by atoms with Crippen molar-refractivity contribution < 1.29 is 22.6 Å². The third kappa shape index (κ3) is 4.60. The van der Waals surface area contributed by atoms with Crippen molar-refractivity contribution in [1.82, 2.24) is 0 Å². The van der Waals surface area contributed by atoms with Gasteiger partial charge in [0.15, 0.2) is 11.5 Å². The summed E-state index contributed by atoms with van der Waals surface area (Å²) >= 11 is 0. The molecule has 2 aromatic rings. The largest absolute Gasteiger partial charge is 0.493 e. The number of hydrogen-bond acceptors (Lipinski definition) is 5. The van der Waals surface area contributed by atoms with Crippen LogP contribution in [-0.4, -0.2) is 29.7 Å². The molecule has 6 nitrogen and oxygen atoms in total. The van der Waals surface area contributed by atoms with Crippen molar-refractivity contribution in [1.29, 1.82) is 0 Å². The number of methoxy groups -OCH3 is 3. The molecule has 0 unspecified atom stereocenters. The van der Waals surface area contributed by atoms with E-state index in [1.807, 2.05) is 12.1 Å². The van der Waals surface area contributed by atoms with E-state index >= 15 is 0 Å². The van der Waals surface area contributed by atoms with Crippen molar-refractivity contribution in [2.45, 2.75) is 25.2 Å². The Morgan fingerprint density at radius 2 is 1.46 bits per heavy atom. The van der Waals surface area contributed by atoms with Gasteiger partial charge in [-0.25, -0.2) is 8.42 Å². The number of benzene rings is 2.